The van der Waals surface area contributed by atoms with Crippen molar-refractivity contribution >= 4 is 0 Å². The first-order chi connectivity index (χ1) is 10.3. The molecule has 0 amide bonds. The van der Waals surface area contributed by atoms with Crippen molar-refractivity contribution in [2.75, 3.05) is 13.1 Å². The summed E-state index contributed by atoms with van der Waals surface area (Å²) in [5.41, 5.74) is 1.19. The van der Waals surface area contributed by atoms with E-state index < -0.39 is 5.60 Å². The Hall–Kier alpha value is -1.65. The van der Waals surface area contributed by atoms with Gasteiger partial charge in [-0.25, -0.2) is 4.68 Å². The van der Waals surface area contributed by atoms with Gasteiger partial charge in [-0.2, -0.15) is 5.10 Å². The van der Waals surface area contributed by atoms with E-state index in [1.165, 1.54) is 19.4 Å². The van der Waals surface area contributed by atoms with Crippen LogP contribution in [0.25, 0.3) is 5.69 Å². The van der Waals surface area contributed by atoms with Gasteiger partial charge in [-0.05, 0) is 50.4 Å². The first-order valence-corrected chi connectivity index (χ1v) is 7.83. The molecule has 2 atom stereocenters. The highest BCUT2D eigenvalue weighted by Gasteiger charge is 2.43. The molecular weight excluding hydrogens is 262 g/mol. The molecule has 0 aliphatic carbocycles. The number of aromatic nitrogens is 2. The van der Waals surface area contributed by atoms with E-state index in [1.807, 2.05) is 41.1 Å². The predicted molar refractivity (Wildman–Crippen MR) is 81.3 cm³/mol. The zero-order chi connectivity index (χ0) is 14.3. The van der Waals surface area contributed by atoms with Crippen molar-refractivity contribution in [1.29, 1.82) is 0 Å². The molecule has 2 unspecified atom stereocenters. The summed E-state index contributed by atoms with van der Waals surface area (Å²) in [5, 5.41) is 15.7. The van der Waals surface area contributed by atoms with Gasteiger partial charge in [0.05, 0.1) is 11.4 Å². The number of nitrogens with zero attached hydrogens (tertiary/aromatic N) is 3. The quantitative estimate of drug-likeness (QED) is 0.919. The van der Waals surface area contributed by atoms with E-state index in [4.69, 9.17) is 0 Å². The molecule has 110 valence electrons. The summed E-state index contributed by atoms with van der Waals surface area (Å²) in [5.74, 6) is 0. The average Bonchev–Trinajstić information content (AvgIpc) is 3.16. The van der Waals surface area contributed by atoms with Gasteiger partial charge in [-0.3, -0.25) is 0 Å². The van der Waals surface area contributed by atoms with Crippen LogP contribution in [0.15, 0.2) is 42.6 Å². The van der Waals surface area contributed by atoms with Gasteiger partial charge >= 0.3 is 0 Å². The largest absolute Gasteiger partial charge is 0.383 e. The second-order valence-electron chi connectivity index (χ2n) is 6.28. The second-order valence-corrected chi connectivity index (χ2v) is 6.28. The van der Waals surface area contributed by atoms with Crippen LogP contribution in [0.5, 0.6) is 0 Å². The van der Waals surface area contributed by atoms with Gasteiger partial charge in [0.15, 0.2) is 0 Å². The molecule has 4 nitrogen and oxygen atoms in total. The topological polar surface area (TPSA) is 41.3 Å². The summed E-state index contributed by atoms with van der Waals surface area (Å²) >= 11 is 0. The molecule has 3 heterocycles. The van der Waals surface area contributed by atoms with Crippen LogP contribution in [0, 0.1) is 0 Å². The van der Waals surface area contributed by atoms with E-state index in [1.54, 1.807) is 6.20 Å². The van der Waals surface area contributed by atoms with E-state index in [0.717, 1.165) is 30.8 Å². The highest BCUT2D eigenvalue weighted by atomic mass is 16.3. The summed E-state index contributed by atoms with van der Waals surface area (Å²) in [6.45, 7) is 2.18. The smallest absolute Gasteiger partial charge is 0.109 e. The molecule has 2 saturated heterocycles. The molecule has 2 aliphatic heterocycles. The van der Waals surface area contributed by atoms with Gasteiger partial charge in [0.1, 0.15) is 5.60 Å². The van der Waals surface area contributed by atoms with Crippen LogP contribution in [0.3, 0.4) is 0 Å². The molecule has 0 bridgehead atoms. The summed E-state index contributed by atoms with van der Waals surface area (Å²) in [6.07, 6.45) is 5.88. The number of para-hydroxylation sites is 1. The van der Waals surface area contributed by atoms with Crippen molar-refractivity contribution in [3.05, 3.63) is 48.3 Å². The number of rotatable bonds is 2. The Balaban J connectivity index is 1.69. The normalized spacial score (nSPS) is 29.5. The SMILES string of the molecule is OC1(c2ccnn2-c2ccccc2)CCN2CCCC2C1. The lowest BCUT2D eigenvalue weighted by Crippen LogP contribution is -2.46. The molecule has 0 radical (unpaired) electrons. The summed E-state index contributed by atoms with van der Waals surface area (Å²) in [7, 11) is 0. The van der Waals surface area contributed by atoms with Crippen molar-refractivity contribution in [3.63, 3.8) is 0 Å². The third-order valence-electron chi connectivity index (χ3n) is 5.01. The Kier molecular flexibility index (Phi) is 3.08. The first-order valence-electron chi connectivity index (χ1n) is 7.83. The fourth-order valence-corrected chi connectivity index (χ4v) is 3.90. The molecule has 2 aromatic rings. The van der Waals surface area contributed by atoms with Crippen molar-refractivity contribution in [2.24, 2.45) is 0 Å². The average molecular weight is 283 g/mol. The van der Waals surface area contributed by atoms with Crippen LogP contribution in [0.2, 0.25) is 0 Å². The van der Waals surface area contributed by atoms with Crippen LogP contribution >= 0.6 is 0 Å². The van der Waals surface area contributed by atoms with Gasteiger partial charge < -0.3 is 10.0 Å². The maximum absolute atomic E-state index is 11.2. The first kappa shape index (κ1) is 13.0. The molecule has 0 spiro atoms. The number of piperidine rings is 1. The Morgan fingerprint density at radius 3 is 2.86 bits per heavy atom. The van der Waals surface area contributed by atoms with Crippen molar-refractivity contribution < 1.29 is 5.11 Å². The van der Waals surface area contributed by atoms with Crippen LogP contribution in [-0.4, -0.2) is 38.9 Å². The Morgan fingerprint density at radius 1 is 1.14 bits per heavy atom. The third-order valence-corrected chi connectivity index (χ3v) is 5.01. The maximum atomic E-state index is 11.2. The molecule has 2 aliphatic rings. The zero-order valence-electron chi connectivity index (χ0n) is 12.2. The Labute approximate surface area is 125 Å². The summed E-state index contributed by atoms with van der Waals surface area (Å²) in [4.78, 5) is 2.53. The van der Waals surface area contributed by atoms with E-state index in [-0.39, 0.29) is 0 Å². The van der Waals surface area contributed by atoms with Crippen LogP contribution < -0.4 is 0 Å². The lowest BCUT2D eigenvalue weighted by molar-refractivity contribution is -0.0457. The van der Waals surface area contributed by atoms with Crippen LogP contribution in [0.1, 0.15) is 31.4 Å². The molecule has 1 aromatic heterocycles. The monoisotopic (exact) mass is 283 g/mol. The Bertz CT molecular complexity index is 624. The van der Waals surface area contributed by atoms with Gasteiger partial charge in [0, 0.05) is 18.8 Å². The maximum Gasteiger partial charge on any atom is 0.109 e. The zero-order valence-corrected chi connectivity index (χ0v) is 12.2. The van der Waals surface area contributed by atoms with E-state index >= 15 is 0 Å². The number of hydrogen-bond acceptors (Lipinski definition) is 3. The highest BCUT2D eigenvalue weighted by Crippen LogP contribution is 2.39. The molecule has 21 heavy (non-hydrogen) atoms. The Morgan fingerprint density at radius 2 is 2.00 bits per heavy atom. The lowest BCUT2D eigenvalue weighted by Gasteiger charge is -2.40. The number of hydrogen-bond donors (Lipinski definition) is 1. The fraction of sp³-hybridized carbons (Fsp3) is 0.471. The molecule has 1 aromatic carbocycles. The molecular formula is C17H21N3O. The highest BCUT2D eigenvalue weighted by molar-refractivity contribution is 5.34. The van der Waals surface area contributed by atoms with Crippen molar-refractivity contribution in [1.82, 2.24) is 14.7 Å². The van der Waals surface area contributed by atoms with E-state index in [0.29, 0.717) is 6.04 Å². The van der Waals surface area contributed by atoms with Crippen molar-refractivity contribution in [3.8, 4) is 5.69 Å². The standard InChI is InChI=1S/C17H21N3O/c21-17(9-12-19-11-4-7-15(19)13-17)16-8-10-18-20(16)14-5-2-1-3-6-14/h1-3,5-6,8,10,15,21H,4,7,9,11-13H2. The number of benzene rings is 1. The number of fused-ring (bicyclic) bond motifs is 1. The molecule has 4 heteroatoms. The second kappa shape index (κ2) is 4.97. The predicted octanol–water partition coefficient (Wildman–Crippen LogP) is 2.32. The summed E-state index contributed by atoms with van der Waals surface area (Å²) < 4.78 is 1.89. The third kappa shape index (κ3) is 2.19. The van der Waals surface area contributed by atoms with Gasteiger partial charge in [-0.15, -0.1) is 0 Å². The fourth-order valence-electron chi connectivity index (χ4n) is 3.90. The molecule has 4 rings (SSSR count). The molecule has 2 fully saturated rings. The van der Waals surface area contributed by atoms with Crippen LogP contribution in [0.4, 0.5) is 0 Å². The number of aliphatic hydroxyl groups is 1. The van der Waals surface area contributed by atoms with Gasteiger partial charge in [-0.1, -0.05) is 18.2 Å². The summed E-state index contributed by atoms with van der Waals surface area (Å²) in [6, 6.07) is 12.6. The lowest BCUT2D eigenvalue weighted by atomic mass is 9.84. The van der Waals surface area contributed by atoms with Gasteiger partial charge in [0.25, 0.3) is 0 Å². The van der Waals surface area contributed by atoms with Crippen molar-refractivity contribution in [2.45, 2.75) is 37.3 Å². The van der Waals surface area contributed by atoms with Crippen LogP contribution in [-0.2, 0) is 5.60 Å². The molecule has 1 N–H and O–H groups in total. The minimum Gasteiger partial charge on any atom is -0.383 e. The molecule has 0 saturated carbocycles. The van der Waals surface area contributed by atoms with E-state index in [9.17, 15) is 5.11 Å². The van der Waals surface area contributed by atoms with Gasteiger partial charge in [0.2, 0.25) is 0 Å². The van der Waals surface area contributed by atoms with E-state index in [2.05, 4.69) is 10.00 Å². The minimum atomic E-state index is -0.752. The minimum absolute atomic E-state index is 0.530.